The highest BCUT2D eigenvalue weighted by Crippen LogP contribution is 2.37. The van der Waals surface area contributed by atoms with E-state index in [1.54, 1.807) is 12.4 Å². The van der Waals surface area contributed by atoms with Gasteiger partial charge < -0.3 is 15.4 Å². The molecule has 0 saturated carbocycles. The molecule has 0 radical (unpaired) electrons. The van der Waals surface area contributed by atoms with Gasteiger partial charge in [0.15, 0.2) is 0 Å². The molecule has 2 unspecified atom stereocenters. The van der Waals surface area contributed by atoms with Gasteiger partial charge in [0.1, 0.15) is 18.4 Å². The Morgan fingerprint density at radius 2 is 2.00 bits per heavy atom. The van der Waals surface area contributed by atoms with Crippen LogP contribution in [0.2, 0.25) is 0 Å². The molecule has 0 aliphatic carbocycles. The molecule has 1 saturated heterocycles. The minimum absolute atomic E-state index is 0.127. The Balaban J connectivity index is 1.69. The molecule has 2 aromatic carbocycles. The highest BCUT2D eigenvalue weighted by atomic mass is 16.5. The molecule has 0 bridgehead atoms. The normalized spacial score (nSPS) is 19.9. The van der Waals surface area contributed by atoms with Gasteiger partial charge in [0.25, 0.3) is 5.91 Å². The summed E-state index contributed by atoms with van der Waals surface area (Å²) in [7, 11) is 0. The second-order valence-corrected chi connectivity index (χ2v) is 7.80. The summed E-state index contributed by atoms with van der Waals surface area (Å²) in [5.74, 6) is -0.0200. The van der Waals surface area contributed by atoms with E-state index < -0.39 is 17.4 Å². The van der Waals surface area contributed by atoms with Gasteiger partial charge in [0.05, 0.1) is 5.41 Å². The van der Waals surface area contributed by atoms with Gasteiger partial charge >= 0.3 is 0 Å². The van der Waals surface area contributed by atoms with Crippen LogP contribution in [0.5, 0.6) is 5.75 Å². The number of nitrogens with zero attached hydrogens (tertiary/aromatic N) is 1. The standard InChI is InChI=1S/C22H27N3O4/c1-14-10-16(12-18(23)11-14)13-29-19-6-4-17(5-7-19)22(3)8-9-25(21(22)27)15(2)20(26)24-28/h4-7,10-12,15,28H,8-9,13,23H2,1-3H3,(H,24,26). The fourth-order valence-electron chi connectivity index (χ4n) is 3.81. The third-order valence-corrected chi connectivity index (χ3v) is 5.60. The molecule has 1 heterocycles. The number of nitrogen functional groups attached to an aromatic ring is 1. The number of benzene rings is 2. The number of aryl methyl sites for hydroxylation is 1. The van der Waals surface area contributed by atoms with Gasteiger partial charge in [0.2, 0.25) is 5.91 Å². The third kappa shape index (κ3) is 4.19. The zero-order chi connectivity index (χ0) is 21.2. The zero-order valence-electron chi connectivity index (χ0n) is 16.9. The van der Waals surface area contributed by atoms with Crippen molar-refractivity contribution in [1.29, 1.82) is 0 Å². The van der Waals surface area contributed by atoms with Crippen LogP contribution in [0.15, 0.2) is 42.5 Å². The summed E-state index contributed by atoms with van der Waals surface area (Å²) in [4.78, 5) is 26.2. The molecule has 0 aromatic heterocycles. The quantitative estimate of drug-likeness (QED) is 0.395. The van der Waals surface area contributed by atoms with Crippen molar-refractivity contribution in [2.24, 2.45) is 0 Å². The first-order valence-corrected chi connectivity index (χ1v) is 9.59. The second kappa shape index (κ2) is 8.13. The van der Waals surface area contributed by atoms with Gasteiger partial charge in [-0.05, 0) is 68.1 Å². The summed E-state index contributed by atoms with van der Waals surface area (Å²) in [6, 6.07) is 12.6. The van der Waals surface area contributed by atoms with Crippen molar-refractivity contribution in [3.63, 3.8) is 0 Å². The lowest BCUT2D eigenvalue weighted by atomic mass is 9.81. The van der Waals surface area contributed by atoms with Crippen molar-refractivity contribution >= 4 is 17.5 Å². The smallest absolute Gasteiger partial charge is 0.265 e. The first-order chi connectivity index (χ1) is 13.7. The molecule has 7 nitrogen and oxygen atoms in total. The Labute approximate surface area is 170 Å². The number of hydrogen-bond acceptors (Lipinski definition) is 5. The van der Waals surface area contributed by atoms with E-state index in [9.17, 15) is 9.59 Å². The van der Waals surface area contributed by atoms with E-state index in [0.29, 0.717) is 31.0 Å². The van der Waals surface area contributed by atoms with E-state index in [0.717, 1.165) is 16.7 Å². The number of amides is 2. The van der Waals surface area contributed by atoms with Crippen LogP contribution in [0.25, 0.3) is 0 Å². The number of ether oxygens (including phenoxy) is 1. The molecule has 2 amide bonds. The molecule has 1 fully saturated rings. The van der Waals surface area contributed by atoms with E-state index in [2.05, 4.69) is 0 Å². The maximum absolute atomic E-state index is 13.0. The highest BCUT2D eigenvalue weighted by molar-refractivity contribution is 5.94. The first-order valence-electron chi connectivity index (χ1n) is 9.59. The van der Waals surface area contributed by atoms with Crippen LogP contribution >= 0.6 is 0 Å². The number of rotatable bonds is 6. The van der Waals surface area contributed by atoms with E-state index >= 15 is 0 Å². The molecule has 2 aromatic rings. The molecular formula is C22H27N3O4. The minimum atomic E-state index is -0.723. The lowest BCUT2D eigenvalue weighted by molar-refractivity contribution is -0.143. The molecule has 4 N–H and O–H groups in total. The minimum Gasteiger partial charge on any atom is -0.489 e. The number of carbonyl (C=O) groups is 2. The van der Waals surface area contributed by atoms with Crippen LogP contribution < -0.4 is 16.0 Å². The third-order valence-electron chi connectivity index (χ3n) is 5.60. The number of hydroxylamine groups is 1. The Hall–Kier alpha value is -3.06. The summed E-state index contributed by atoms with van der Waals surface area (Å²) >= 11 is 0. The van der Waals surface area contributed by atoms with Crippen molar-refractivity contribution in [2.45, 2.75) is 45.3 Å². The molecule has 0 spiro atoms. The van der Waals surface area contributed by atoms with Crippen molar-refractivity contribution in [3.05, 3.63) is 59.2 Å². The predicted molar refractivity (Wildman–Crippen MR) is 109 cm³/mol. The lowest BCUT2D eigenvalue weighted by Crippen LogP contribution is -2.47. The number of nitrogens with two attached hydrogens (primary N) is 1. The predicted octanol–water partition coefficient (Wildman–Crippen LogP) is 2.54. The van der Waals surface area contributed by atoms with Gasteiger partial charge in [-0.3, -0.25) is 14.8 Å². The molecule has 7 heteroatoms. The van der Waals surface area contributed by atoms with E-state index in [-0.39, 0.29) is 5.91 Å². The van der Waals surface area contributed by atoms with E-state index in [1.165, 1.54) is 4.90 Å². The van der Waals surface area contributed by atoms with Crippen LogP contribution in [0, 0.1) is 6.92 Å². The van der Waals surface area contributed by atoms with Crippen molar-refractivity contribution in [1.82, 2.24) is 10.4 Å². The first kappa shape index (κ1) is 20.7. The van der Waals surface area contributed by atoms with Gasteiger partial charge in [-0.15, -0.1) is 0 Å². The van der Waals surface area contributed by atoms with Crippen LogP contribution in [0.3, 0.4) is 0 Å². The number of carbonyl (C=O) groups excluding carboxylic acids is 2. The summed E-state index contributed by atoms with van der Waals surface area (Å²) < 4.78 is 5.85. The summed E-state index contributed by atoms with van der Waals surface area (Å²) in [5, 5.41) is 8.83. The van der Waals surface area contributed by atoms with E-state index in [4.69, 9.17) is 15.7 Å². The van der Waals surface area contributed by atoms with Gasteiger partial charge in [-0.1, -0.05) is 18.2 Å². The maximum atomic E-state index is 13.0. The summed E-state index contributed by atoms with van der Waals surface area (Å²) in [5.41, 5.74) is 10.4. The Morgan fingerprint density at radius 3 is 2.62 bits per heavy atom. The van der Waals surface area contributed by atoms with Gasteiger partial charge in [-0.25, -0.2) is 5.48 Å². The van der Waals surface area contributed by atoms with Crippen molar-refractivity contribution in [2.75, 3.05) is 12.3 Å². The molecule has 1 aliphatic rings. The molecule has 1 aliphatic heterocycles. The zero-order valence-corrected chi connectivity index (χ0v) is 16.9. The Morgan fingerprint density at radius 1 is 1.31 bits per heavy atom. The van der Waals surface area contributed by atoms with Crippen LogP contribution in [-0.4, -0.2) is 34.5 Å². The van der Waals surface area contributed by atoms with Crippen molar-refractivity contribution in [3.8, 4) is 5.75 Å². The maximum Gasteiger partial charge on any atom is 0.265 e. The Bertz CT molecular complexity index is 893. The average molecular weight is 397 g/mol. The number of hydrogen-bond donors (Lipinski definition) is 3. The van der Waals surface area contributed by atoms with Gasteiger partial charge in [0, 0.05) is 12.2 Å². The fourth-order valence-corrected chi connectivity index (χ4v) is 3.81. The molecular weight excluding hydrogens is 370 g/mol. The lowest BCUT2D eigenvalue weighted by Gasteiger charge is -2.27. The van der Waals surface area contributed by atoms with Crippen LogP contribution in [-0.2, 0) is 21.6 Å². The summed E-state index contributed by atoms with van der Waals surface area (Å²) in [6.45, 7) is 6.33. The van der Waals surface area contributed by atoms with Gasteiger partial charge in [-0.2, -0.15) is 0 Å². The molecule has 2 atom stereocenters. The van der Waals surface area contributed by atoms with Crippen LogP contribution in [0.4, 0.5) is 5.69 Å². The van der Waals surface area contributed by atoms with Crippen molar-refractivity contribution < 1.29 is 19.5 Å². The van der Waals surface area contributed by atoms with E-state index in [1.807, 2.05) is 56.3 Å². The second-order valence-electron chi connectivity index (χ2n) is 7.80. The molecule has 154 valence electrons. The number of likely N-dealkylation sites (tertiary alicyclic amines) is 1. The SMILES string of the molecule is Cc1cc(N)cc(COc2ccc(C3(C)CCN(C(C)C(=O)NO)C3=O)cc2)c1. The molecule has 3 rings (SSSR count). The average Bonchev–Trinajstić information content (AvgIpc) is 3.00. The monoisotopic (exact) mass is 397 g/mol. The highest BCUT2D eigenvalue weighted by Gasteiger charge is 2.46. The number of anilines is 1. The topological polar surface area (TPSA) is 105 Å². The number of nitrogens with one attached hydrogen (secondary N) is 1. The molecule has 29 heavy (non-hydrogen) atoms. The largest absolute Gasteiger partial charge is 0.489 e. The van der Waals surface area contributed by atoms with Crippen LogP contribution in [0.1, 0.15) is 37.0 Å². The fraction of sp³-hybridized carbons (Fsp3) is 0.364. The summed E-state index contributed by atoms with van der Waals surface area (Å²) in [6.07, 6.45) is 0.595. The Kier molecular flexibility index (Phi) is 5.79.